The van der Waals surface area contributed by atoms with Crippen molar-refractivity contribution in [1.29, 1.82) is 0 Å². The Labute approximate surface area is 115 Å². The Morgan fingerprint density at radius 3 is 2.35 bits per heavy atom. The SMILES string of the molecule is COc1cccc(Oc2ccc(F)cc2F)c1[C@@H](C)N. The van der Waals surface area contributed by atoms with Gasteiger partial charge in [-0.25, -0.2) is 8.78 Å². The smallest absolute Gasteiger partial charge is 0.168 e. The molecule has 0 saturated carbocycles. The summed E-state index contributed by atoms with van der Waals surface area (Å²) < 4.78 is 37.2. The van der Waals surface area contributed by atoms with Crippen molar-refractivity contribution in [3.63, 3.8) is 0 Å². The third-order valence-corrected chi connectivity index (χ3v) is 2.82. The zero-order chi connectivity index (χ0) is 14.7. The van der Waals surface area contributed by atoms with Gasteiger partial charge in [-0.1, -0.05) is 6.07 Å². The van der Waals surface area contributed by atoms with E-state index in [1.165, 1.54) is 13.2 Å². The van der Waals surface area contributed by atoms with E-state index in [1.807, 2.05) is 0 Å². The highest BCUT2D eigenvalue weighted by Crippen LogP contribution is 2.36. The fourth-order valence-corrected chi connectivity index (χ4v) is 1.92. The summed E-state index contributed by atoms with van der Waals surface area (Å²) in [7, 11) is 1.52. The third-order valence-electron chi connectivity index (χ3n) is 2.82. The third kappa shape index (κ3) is 2.88. The minimum Gasteiger partial charge on any atom is -0.496 e. The maximum atomic E-state index is 13.6. The first kappa shape index (κ1) is 14.3. The Bertz CT molecular complexity index is 615. The van der Waals surface area contributed by atoms with Crippen LogP contribution in [0.2, 0.25) is 0 Å². The molecule has 0 bridgehead atoms. The maximum Gasteiger partial charge on any atom is 0.168 e. The Morgan fingerprint density at radius 2 is 1.75 bits per heavy atom. The standard InChI is InChI=1S/C15H15F2NO2/c1-9(18)15-13(19-2)4-3-5-14(15)20-12-7-6-10(16)8-11(12)17/h3-9H,18H2,1-2H3/t9-/m1/s1. The van der Waals surface area contributed by atoms with Crippen molar-refractivity contribution >= 4 is 0 Å². The second-order valence-corrected chi connectivity index (χ2v) is 4.34. The van der Waals surface area contributed by atoms with Crippen LogP contribution in [0.25, 0.3) is 0 Å². The highest BCUT2D eigenvalue weighted by molar-refractivity contribution is 5.48. The summed E-state index contributed by atoms with van der Waals surface area (Å²) in [5.74, 6) is -0.567. The minimum absolute atomic E-state index is 0.0680. The summed E-state index contributed by atoms with van der Waals surface area (Å²) in [4.78, 5) is 0. The fourth-order valence-electron chi connectivity index (χ4n) is 1.92. The normalized spacial score (nSPS) is 12.1. The molecule has 20 heavy (non-hydrogen) atoms. The fraction of sp³-hybridized carbons (Fsp3) is 0.200. The van der Waals surface area contributed by atoms with Crippen LogP contribution in [0.1, 0.15) is 18.5 Å². The zero-order valence-electron chi connectivity index (χ0n) is 11.2. The first-order valence-corrected chi connectivity index (χ1v) is 6.08. The van der Waals surface area contributed by atoms with Crippen LogP contribution in [0.15, 0.2) is 36.4 Å². The lowest BCUT2D eigenvalue weighted by Gasteiger charge is -2.17. The molecule has 0 aliphatic rings. The molecular formula is C15H15F2NO2. The molecule has 2 aromatic carbocycles. The quantitative estimate of drug-likeness (QED) is 0.926. The monoisotopic (exact) mass is 279 g/mol. The van der Waals surface area contributed by atoms with Crippen LogP contribution >= 0.6 is 0 Å². The van der Waals surface area contributed by atoms with Gasteiger partial charge in [-0.15, -0.1) is 0 Å². The number of rotatable bonds is 4. The highest BCUT2D eigenvalue weighted by atomic mass is 19.1. The predicted octanol–water partition coefficient (Wildman–Crippen LogP) is 3.79. The van der Waals surface area contributed by atoms with Crippen LogP contribution in [0.4, 0.5) is 8.78 Å². The Morgan fingerprint density at radius 1 is 1.05 bits per heavy atom. The molecule has 2 rings (SSSR count). The van der Waals surface area contributed by atoms with Crippen molar-refractivity contribution in [2.45, 2.75) is 13.0 Å². The van der Waals surface area contributed by atoms with Gasteiger partial charge in [-0.3, -0.25) is 0 Å². The Hall–Kier alpha value is -2.14. The lowest BCUT2D eigenvalue weighted by molar-refractivity contribution is 0.392. The Balaban J connectivity index is 2.43. The summed E-state index contributed by atoms with van der Waals surface area (Å²) in [6.07, 6.45) is 0. The average molecular weight is 279 g/mol. The lowest BCUT2D eigenvalue weighted by Crippen LogP contribution is -2.09. The van der Waals surface area contributed by atoms with Crippen molar-refractivity contribution in [2.75, 3.05) is 7.11 Å². The van der Waals surface area contributed by atoms with E-state index in [0.717, 1.165) is 12.1 Å². The van der Waals surface area contributed by atoms with Gasteiger partial charge in [0.15, 0.2) is 11.6 Å². The molecule has 2 aromatic rings. The maximum absolute atomic E-state index is 13.6. The molecule has 0 spiro atoms. The van der Waals surface area contributed by atoms with Gasteiger partial charge in [0.05, 0.1) is 12.7 Å². The second-order valence-electron chi connectivity index (χ2n) is 4.34. The van der Waals surface area contributed by atoms with Crippen LogP contribution in [-0.4, -0.2) is 7.11 Å². The summed E-state index contributed by atoms with van der Waals surface area (Å²) in [5, 5.41) is 0. The van der Waals surface area contributed by atoms with Crippen LogP contribution in [-0.2, 0) is 0 Å². The van der Waals surface area contributed by atoms with Crippen molar-refractivity contribution in [2.24, 2.45) is 5.73 Å². The number of methoxy groups -OCH3 is 1. The van der Waals surface area contributed by atoms with Gasteiger partial charge >= 0.3 is 0 Å². The molecule has 0 fully saturated rings. The van der Waals surface area contributed by atoms with Gasteiger partial charge in [0.25, 0.3) is 0 Å². The lowest BCUT2D eigenvalue weighted by atomic mass is 10.1. The molecule has 0 unspecified atom stereocenters. The summed E-state index contributed by atoms with van der Waals surface area (Å²) in [6.45, 7) is 1.77. The second kappa shape index (κ2) is 5.88. The van der Waals surface area contributed by atoms with E-state index < -0.39 is 11.6 Å². The van der Waals surface area contributed by atoms with Crippen LogP contribution in [0.5, 0.6) is 17.2 Å². The van der Waals surface area contributed by atoms with Crippen LogP contribution < -0.4 is 15.2 Å². The zero-order valence-corrected chi connectivity index (χ0v) is 11.2. The van der Waals surface area contributed by atoms with Crippen molar-refractivity contribution < 1.29 is 18.3 Å². The van der Waals surface area contributed by atoms with Gasteiger partial charge in [-0.2, -0.15) is 0 Å². The van der Waals surface area contributed by atoms with E-state index in [9.17, 15) is 8.78 Å². The van der Waals surface area contributed by atoms with Crippen molar-refractivity contribution in [3.8, 4) is 17.2 Å². The number of nitrogens with two attached hydrogens (primary N) is 1. The van der Waals surface area contributed by atoms with E-state index in [4.69, 9.17) is 15.2 Å². The molecule has 0 aliphatic carbocycles. The molecule has 0 aliphatic heterocycles. The molecule has 0 radical (unpaired) electrons. The highest BCUT2D eigenvalue weighted by Gasteiger charge is 2.16. The average Bonchev–Trinajstić information content (AvgIpc) is 2.41. The van der Waals surface area contributed by atoms with E-state index >= 15 is 0 Å². The van der Waals surface area contributed by atoms with E-state index in [-0.39, 0.29) is 11.8 Å². The molecule has 2 N–H and O–H groups in total. The van der Waals surface area contributed by atoms with Gasteiger partial charge in [0.1, 0.15) is 17.3 Å². The number of ether oxygens (including phenoxy) is 2. The first-order valence-electron chi connectivity index (χ1n) is 6.08. The van der Waals surface area contributed by atoms with Crippen LogP contribution in [0, 0.1) is 11.6 Å². The molecule has 0 amide bonds. The molecule has 5 heteroatoms. The topological polar surface area (TPSA) is 44.5 Å². The molecule has 3 nitrogen and oxygen atoms in total. The van der Waals surface area contributed by atoms with Crippen molar-refractivity contribution in [3.05, 3.63) is 53.6 Å². The molecule has 0 saturated heterocycles. The summed E-state index contributed by atoms with van der Waals surface area (Å²) in [5.41, 5.74) is 6.52. The summed E-state index contributed by atoms with van der Waals surface area (Å²) in [6, 6.07) is 7.88. The molecule has 0 heterocycles. The number of benzene rings is 2. The minimum atomic E-state index is -0.775. The van der Waals surface area contributed by atoms with Gasteiger partial charge in [0.2, 0.25) is 0 Å². The Kier molecular flexibility index (Phi) is 4.20. The van der Waals surface area contributed by atoms with Crippen molar-refractivity contribution in [1.82, 2.24) is 0 Å². The van der Waals surface area contributed by atoms with Crippen LogP contribution in [0.3, 0.4) is 0 Å². The van der Waals surface area contributed by atoms with E-state index in [2.05, 4.69) is 0 Å². The van der Waals surface area contributed by atoms with E-state index in [1.54, 1.807) is 25.1 Å². The number of halogens is 2. The van der Waals surface area contributed by atoms with Gasteiger partial charge in [-0.05, 0) is 31.2 Å². The van der Waals surface area contributed by atoms with E-state index in [0.29, 0.717) is 17.1 Å². The molecule has 1 atom stereocenters. The molecular weight excluding hydrogens is 264 g/mol. The largest absolute Gasteiger partial charge is 0.496 e. The van der Waals surface area contributed by atoms with Gasteiger partial charge in [0, 0.05) is 12.1 Å². The first-order chi connectivity index (χ1) is 9.52. The molecule has 0 aromatic heterocycles. The van der Waals surface area contributed by atoms with Gasteiger partial charge < -0.3 is 15.2 Å². The number of hydrogen-bond acceptors (Lipinski definition) is 3. The summed E-state index contributed by atoms with van der Waals surface area (Å²) >= 11 is 0. The molecule has 106 valence electrons. The number of hydrogen-bond donors (Lipinski definition) is 1. The predicted molar refractivity (Wildman–Crippen MR) is 72.0 cm³/mol.